The van der Waals surface area contributed by atoms with Crippen LogP contribution in [0.25, 0.3) is 6.08 Å². The maximum Gasteiger partial charge on any atom is 0.266 e. The van der Waals surface area contributed by atoms with Gasteiger partial charge in [-0.1, -0.05) is 66.7 Å². The van der Waals surface area contributed by atoms with Crippen LogP contribution in [0.5, 0.6) is 5.75 Å². The Kier molecular flexibility index (Phi) is 7.13. The number of phenols is 1. The lowest BCUT2D eigenvalue weighted by molar-refractivity contribution is -0.122. The number of phenolic OH excluding ortho intramolecular Hbond substituents is 1. The number of benzene rings is 2. The second-order valence-electron chi connectivity index (χ2n) is 10.5. The molecule has 1 heterocycles. The first-order valence-corrected chi connectivity index (χ1v) is 12.4. The normalized spacial score (nSPS) is 17.5. The molecule has 5 heteroatoms. The molecule has 1 amide bonds. The fraction of sp³-hybridized carbons (Fsp3) is 0.429. The summed E-state index contributed by atoms with van der Waals surface area (Å²) in [7, 11) is 0. The number of carbonyl (C=O) groups is 1. The highest BCUT2D eigenvalue weighted by molar-refractivity contribution is 8.18. The predicted octanol–water partition coefficient (Wildman–Crippen LogP) is 7.17. The molecule has 1 N–H and O–H groups in total. The van der Waals surface area contributed by atoms with E-state index in [0.29, 0.717) is 22.4 Å². The third-order valence-corrected chi connectivity index (χ3v) is 6.85. The summed E-state index contributed by atoms with van der Waals surface area (Å²) < 4.78 is 0. The molecule has 0 saturated carbocycles. The molecule has 0 aliphatic carbocycles. The van der Waals surface area contributed by atoms with Gasteiger partial charge in [0.25, 0.3) is 5.91 Å². The molecular formula is C28H36N2O2S. The largest absolute Gasteiger partial charge is 0.507 e. The van der Waals surface area contributed by atoms with Crippen LogP contribution >= 0.6 is 11.8 Å². The van der Waals surface area contributed by atoms with E-state index in [-0.39, 0.29) is 16.7 Å². The Hall–Kier alpha value is -2.53. The second kappa shape index (κ2) is 9.38. The van der Waals surface area contributed by atoms with Gasteiger partial charge in [-0.25, -0.2) is 4.99 Å². The summed E-state index contributed by atoms with van der Waals surface area (Å²) in [5.74, 6) is 0.314. The van der Waals surface area contributed by atoms with E-state index in [2.05, 4.69) is 54.5 Å². The second-order valence-corrected chi connectivity index (χ2v) is 11.5. The van der Waals surface area contributed by atoms with Crippen LogP contribution in [0.3, 0.4) is 0 Å². The fourth-order valence-electron chi connectivity index (χ4n) is 3.93. The highest BCUT2D eigenvalue weighted by Gasteiger charge is 2.33. The molecule has 0 unspecified atom stereocenters. The summed E-state index contributed by atoms with van der Waals surface area (Å²) in [6.07, 6.45) is 2.83. The van der Waals surface area contributed by atoms with Gasteiger partial charge in [0.2, 0.25) is 0 Å². The maximum atomic E-state index is 13.2. The van der Waals surface area contributed by atoms with Gasteiger partial charge in [0.1, 0.15) is 5.75 Å². The molecule has 176 valence electrons. The first-order valence-electron chi connectivity index (χ1n) is 11.6. The molecule has 0 atom stereocenters. The minimum absolute atomic E-state index is 0.0297. The van der Waals surface area contributed by atoms with Crippen molar-refractivity contribution in [2.75, 3.05) is 6.54 Å². The molecule has 0 radical (unpaired) electrons. The van der Waals surface area contributed by atoms with Crippen LogP contribution in [0.15, 0.2) is 46.3 Å². The number of rotatable bonds is 4. The van der Waals surface area contributed by atoms with E-state index >= 15 is 0 Å². The molecule has 3 rings (SSSR count). The summed E-state index contributed by atoms with van der Waals surface area (Å²) >= 11 is 1.42. The van der Waals surface area contributed by atoms with Crippen molar-refractivity contribution in [2.24, 2.45) is 4.99 Å². The SMILES string of the molecule is CCc1ccccc1N=C1S/C(=C/c2cc(C(C)(C)C)c(O)c(C(C)(C)C)c2)C(=O)N1CC. The highest BCUT2D eigenvalue weighted by atomic mass is 32.2. The quantitative estimate of drug-likeness (QED) is 0.488. The van der Waals surface area contributed by atoms with E-state index in [1.54, 1.807) is 4.90 Å². The van der Waals surface area contributed by atoms with Crippen molar-refractivity contribution in [3.63, 3.8) is 0 Å². The molecule has 0 bridgehead atoms. The van der Waals surface area contributed by atoms with E-state index in [4.69, 9.17) is 4.99 Å². The Morgan fingerprint density at radius 3 is 2.09 bits per heavy atom. The van der Waals surface area contributed by atoms with Crippen LogP contribution in [0.1, 0.15) is 77.6 Å². The number of nitrogens with zero attached hydrogens (tertiary/aromatic N) is 2. The Morgan fingerprint density at radius 1 is 1.00 bits per heavy atom. The van der Waals surface area contributed by atoms with E-state index < -0.39 is 0 Å². The van der Waals surface area contributed by atoms with Gasteiger partial charge in [-0.2, -0.15) is 0 Å². The standard InChI is InChI=1S/C28H36N2O2S/c1-9-19-13-11-12-14-22(19)29-26-30(10-2)25(32)23(33-26)17-18-15-20(27(3,4)5)24(31)21(16-18)28(6,7)8/h11-17,31H,9-10H2,1-8H3/b23-17+,29-26?. The number of amidine groups is 1. The lowest BCUT2D eigenvalue weighted by atomic mass is 9.78. The molecule has 2 aromatic carbocycles. The summed E-state index contributed by atoms with van der Waals surface area (Å²) in [5, 5.41) is 11.7. The third-order valence-electron chi connectivity index (χ3n) is 5.84. The van der Waals surface area contributed by atoms with E-state index in [1.807, 2.05) is 43.3 Å². The number of likely N-dealkylation sites (N-methyl/N-ethyl adjacent to an activating group) is 1. The number of hydrogen-bond acceptors (Lipinski definition) is 4. The fourth-order valence-corrected chi connectivity index (χ4v) is 4.98. The Labute approximate surface area is 202 Å². The maximum absolute atomic E-state index is 13.2. The van der Waals surface area contributed by atoms with Gasteiger partial charge in [0.05, 0.1) is 10.6 Å². The zero-order valence-corrected chi connectivity index (χ0v) is 21.9. The summed E-state index contributed by atoms with van der Waals surface area (Å²) in [6, 6.07) is 12.1. The van der Waals surface area contributed by atoms with Crippen molar-refractivity contribution in [1.82, 2.24) is 4.90 Å². The minimum atomic E-state index is -0.225. The molecule has 1 saturated heterocycles. The van der Waals surface area contributed by atoms with E-state index in [0.717, 1.165) is 34.4 Å². The number of thioether (sulfide) groups is 1. The van der Waals surface area contributed by atoms with Crippen molar-refractivity contribution >= 4 is 34.6 Å². The molecule has 1 aliphatic heterocycles. The van der Waals surface area contributed by atoms with E-state index in [9.17, 15) is 9.90 Å². The zero-order chi connectivity index (χ0) is 24.6. The Bertz CT molecular complexity index is 1080. The number of carbonyl (C=O) groups excluding carboxylic acids is 1. The first kappa shape index (κ1) is 25.1. The molecular weight excluding hydrogens is 428 g/mol. The van der Waals surface area contributed by atoms with Gasteiger partial charge in [-0.05, 0) is 71.3 Å². The molecule has 4 nitrogen and oxygen atoms in total. The average molecular weight is 465 g/mol. The summed E-state index contributed by atoms with van der Waals surface area (Å²) in [4.78, 5) is 20.5. The number of hydrogen-bond donors (Lipinski definition) is 1. The minimum Gasteiger partial charge on any atom is -0.507 e. The number of amides is 1. The lowest BCUT2D eigenvalue weighted by Gasteiger charge is -2.28. The Balaban J connectivity index is 2.10. The van der Waals surface area contributed by atoms with Crippen molar-refractivity contribution in [3.05, 3.63) is 63.6 Å². The van der Waals surface area contributed by atoms with Gasteiger partial charge in [-0.3, -0.25) is 9.69 Å². The van der Waals surface area contributed by atoms with Crippen LogP contribution in [-0.2, 0) is 22.0 Å². The Morgan fingerprint density at radius 2 is 1.58 bits per heavy atom. The van der Waals surface area contributed by atoms with Crippen LogP contribution in [0.4, 0.5) is 5.69 Å². The van der Waals surface area contributed by atoms with Gasteiger partial charge in [0.15, 0.2) is 5.17 Å². The number of aromatic hydroxyl groups is 1. The zero-order valence-electron chi connectivity index (χ0n) is 21.1. The van der Waals surface area contributed by atoms with Gasteiger partial charge in [-0.15, -0.1) is 0 Å². The van der Waals surface area contributed by atoms with Crippen molar-refractivity contribution in [1.29, 1.82) is 0 Å². The van der Waals surface area contributed by atoms with Gasteiger partial charge >= 0.3 is 0 Å². The van der Waals surface area contributed by atoms with Crippen LogP contribution < -0.4 is 0 Å². The van der Waals surface area contributed by atoms with Crippen LogP contribution in [0, 0.1) is 0 Å². The van der Waals surface area contributed by atoms with Crippen LogP contribution in [0.2, 0.25) is 0 Å². The highest BCUT2D eigenvalue weighted by Crippen LogP contribution is 2.41. The first-order chi connectivity index (χ1) is 15.4. The predicted molar refractivity (Wildman–Crippen MR) is 141 cm³/mol. The monoisotopic (exact) mass is 464 g/mol. The van der Waals surface area contributed by atoms with Gasteiger partial charge in [0, 0.05) is 17.7 Å². The van der Waals surface area contributed by atoms with Crippen molar-refractivity contribution in [2.45, 2.75) is 72.6 Å². The molecule has 2 aromatic rings. The topological polar surface area (TPSA) is 52.9 Å². The number of aliphatic imine (C=N–C) groups is 1. The smallest absolute Gasteiger partial charge is 0.266 e. The molecule has 0 aromatic heterocycles. The molecule has 1 aliphatic rings. The number of para-hydroxylation sites is 1. The van der Waals surface area contributed by atoms with Crippen LogP contribution in [-0.4, -0.2) is 27.6 Å². The molecule has 1 fully saturated rings. The van der Waals surface area contributed by atoms with Gasteiger partial charge < -0.3 is 5.11 Å². The lowest BCUT2D eigenvalue weighted by Crippen LogP contribution is -2.28. The summed E-state index contributed by atoms with van der Waals surface area (Å²) in [5.41, 5.74) is 4.31. The van der Waals surface area contributed by atoms with Crippen molar-refractivity contribution in [3.8, 4) is 5.75 Å². The summed E-state index contributed by atoms with van der Waals surface area (Å²) in [6.45, 7) is 17.2. The van der Waals surface area contributed by atoms with E-state index in [1.165, 1.54) is 11.8 Å². The van der Waals surface area contributed by atoms with Crippen molar-refractivity contribution < 1.29 is 9.90 Å². The number of aryl methyl sites for hydroxylation is 1. The molecule has 0 spiro atoms. The third kappa shape index (κ3) is 5.35. The molecule has 33 heavy (non-hydrogen) atoms. The average Bonchev–Trinajstić information content (AvgIpc) is 3.01.